The molecule has 6 nitrogen and oxygen atoms in total. The Balaban J connectivity index is 2.44. The first-order valence-corrected chi connectivity index (χ1v) is 6.23. The molecular formula is C13H20N2O4. The molecule has 0 bridgehead atoms. The molecule has 2 N–H and O–H groups in total. The molecule has 1 aromatic heterocycles. The van der Waals surface area contributed by atoms with Crippen molar-refractivity contribution < 1.29 is 19.0 Å². The fourth-order valence-electron chi connectivity index (χ4n) is 1.37. The molecule has 0 aliphatic heterocycles. The summed E-state index contributed by atoms with van der Waals surface area (Å²) < 4.78 is 15.3. The molecule has 1 heterocycles. The van der Waals surface area contributed by atoms with Crippen molar-refractivity contribution in [2.45, 2.75) is 19.8 Å². The lowest BCUT2D eigenvalue weighted by molar-refractivity contribution is 0.0601. The number of aromatic nitrogens is 1. The van der Waals surface area contributed by atoms with E-state index in [-0.39, 0.29) is 11.3 Å². The molecule has 1 rings (SSSR count). The van der Waals surface area contributed by atoms with E-state index >= 15 is 0 Å². The Morgan fingerprint density at radius 2 is 2.16 bits per heavy atom. The Kier molecular flexibility index (Phi) is 6.67. The number of hydrogen-bond acceptors (Lipinski definition) is 6. The van der Waals surface area contributed by atoms with Crippen LogP contribution >= 0.6 is 0 Å². The van der Waals surface area contributed by atoms with E-state index in [9.17, 15) is 4.79 Å². The van der Waals surface area contributed by atoms with E-state index in [1.54, 1.807) is 0 Å². The second-order valence-electron chi connectivity index (χ2n) is 3.92. The van der Waals surface area contributed by atoms with E-state index in [1.165, 1.54) is 19.4 Å². The Labute approximate surface area is 112 Å². The summed E-state index contributed by atoms with van der Waals surface area (Å²) in [5.74, 6) is -0.183. The Bertz CT molecular complexity index is 410. The summed E-state index contributed by atoms with van der Waals surface area (Å²) in [5.41, 5.74) is 6.14. The van der Waals surface area contributed by atoms with Crippen LogP contribution < -0.4 is 10.5 Å². The van der Waals surface area contributed by atoms with Crippen LogP contribution in [0.3, 0.4) is 0 Å². The van der Waals surface area contributed by atoms with Crippen LogP contribution in [0.5, 0.6) is 5.88 Å². The zero-order chi connectivity index (χ0) is 14.1. The van der Waals surface area contributed by atoms with Crippen molar-refractivity contribution in [2.75, 3.05) is 32.7 Å². The Hall–Kier alpha value is -1.82. The van der Waals surface area contributed by atoms with Crippen molar-refractivity contribution in [3.63, 3.8) is 0 Å². The van der Waals surface area contributed by atoms with Crippen molar-refractivity contribution >= 4 is 11.7 Å². The van der Waals surface area contributed by atoms with Crippen LogP contribution in [0.1, 0.15) is 30.1 Å². The number of methoxy groups -OCH3 is 1. The van der Waals surface area contributed by atoms with Crippen molar-refractivity contribution in [2.24, 2.45) is 0 Å². The highest BCUT2D eigenvalue weighted by Gasteiger charge is 2.12. The molecule has 0 aliphatic carbocycles. The average molecular weight is 268 g/mol. The van der Waals surface area contributed by atoms with Crippen LogP contribution in [0.2, 0.25) is 0 Å². The van der Waals surface area contributed by atoms with Gasteiger partial charge in [-0.15, -0.1) is 0 Å². The maximum Gasteiger partial charge on any atom is 0.340 e. The first-order valence-electron chi connectivity index (χ1n) is 6.23. The number of carbonyl (C=O) groups is 1. The largest absolute Gasteiger partial charge is 0.475 e. The standard InChI is InChI=1S/C13H20N2O4/c1-3-4-5-18-6-7-19-12-8-10(13(16)17-2)11(14)9-15-12/h8-9H,3-7,14H2,1-2H3. The molecule has 19 heavy (non-hydrogen) atoms. The smallest absolute Gasteiger partial charge is 0.340 e. The highest BCUT2D eigenvalue weighted by atomic mass is 16.5. The predicted octanol–water partition coefficient (Wildman–Crippen LogP) is 1.65. The fraction of sp³-hybridized carbons (Fsp3) is 0.538. The lowest BCUT2D eigenvalue weighted by atomic mass is 10.2. The van der Waals surface area contributed by atoms with Gasteiger partial charge in [-0.1, -0.05) is 13.3 Å². The number of hydrogen-bond donors (Lipinski definition) is 1. The summed E-state index contributed by atoms with van der Waals surface area (Å²) >= 11 is 0. The van der Waals surface area contributed by atoms with E-state index in [0.717, 1.165) is 19.4 Å². The number of nitrogens with two attached hydrogens (primary N) is 1. The maximum atomic E-state index is 11.4. The van der Waals surface area contributed by atoms with Gasteiger partial charge in [0.15, 0.2) is 0 Å². The summed E-state index contributed by atoms with van der Waals surface area (Å²) in [6, 6.07) is 1.47. The summed E-state index contributed by atoms with van der Waals surface area (Å²) in [6.07, 6.45) is 3.51. The molecule has 1 aromatic rings. The molecule has 0 fully saturated rings. The summed E-state index contributed by atoms with van der Waals surface area (Å²) in [4.78, 5) is 15.4. The van der Waals surface area contributed by atoms with Crippen molar-refractivity contribution in [1.82, 2.24) is 4.98 Å². The van der Waals surface area contributed by atoms with Gasteiger partial charge in [-0.3, -0.25) is 0 Å². The SMILES string of the molecule is CCCCOCCOc1cc(C(=O)OC)c(N)cn1. The van der Waals surface area contributed by atoms with Crippen LogP contribution in [0.4, 0.5) is 5.69 Å². The lowest BCUT2D eigenvalue weighted by Gasteiger charge is -2.08. The van der Waals surface area contributed by atoms with E-state index in [0.29, 0.717) is 19.1 Å². The van der Waals surface area contributed by atoms with Gasteiger partial charge in [0.2, 0.25) is 5.88 Å². The number of esters is 1. The third-order valence-electron chi connectivity index (χ3n) is 2.43. The number of nitrogen functional groups attached to an aromatic ring is 1. The maximum absolute atomic E-state index is 11.4. The van der Waals surface area contributed by atoms with Crippen molar-refractivity contribution in [3.05, 3.63) is 17.8 Å². The predicted molar refractivity (Wildman–Crippen MR) is 71.2 cm³/mol. The zero-order valence-corrected chi connectivity index (χ0v) is 11.3. The molecule has 0 radical (unpaired) electrons. The quantitative estimate of drug-likeness (QED) is 0.570. The van der Waals surface area contributed by atoms with Crippen LogP contribution in [-0.4, -0.2) is 37.9 Å². The van der Waals surface area contributed by atoms with Crippen LogP contribution in [0, 0.1) is 0 Å². The second-order valence-corrected chi connectivity index (χ2v) is 3.92. The first kappa shape index (κ1) is 15.2. The number of anilines is 1. The fourth-order valence-corrected chi connectivity index (χ4v) is 1.37. The normalized spacial score (nSPS) is 10.2. The molecule has 6 heteroatoms. The van der Waals surface area contributed by atoms with Crippen LogP contribution in [0.15, 0.2) is 12.3 Å². The van der Waals surface area contributed by atoms with E-state index < -0.39 is 5.97 Å². The van der Waals surface area contributed by atoms with Crippen molar-refractivity contribution in [3.8, 4) is 5.88 Å². The van der Waals surface area contributed by atoms with Gasteiger partial charge in [0.05, 0.1) is 31.2 Å². The number of unbranched alkanes of at least 4 members (excludes halogenated alkanes) is 1. The van der Waals surface area contributed by atoms with Gasteiger partial charge < -0.3 is 19.9 Å². The highest BCUT2D eigenvalue weighted by molar-refractivity contribution is 5.95. The highest BCUT2D eigenvalue weighted by Crippen LogP contribution is 2.17. The molecule has 0 atom stereocenters. The Morgan fingerprint density at radius 1 is 1.37 bits per heavy atom. The van der Waals surface area contributed by atoms with Gasteiger partial charge in [-0.2, -0.15) is 0 Å². The first-order chi connectivity index (χ1) is 9.19. The summed E-state index contributed by atoms with van der Waals surface area (Å²) in [5, 5.41) is 0. The minimum Gasteiger partial charge on any atom is -0.475 e. The summed E-state index contributed by atoms with van der Waals surface area (Å²) in [7, 11) is 1.30. The number of rotatable bonds is 8. The molecule has 0 saturated carbocycles. The average Bonchev–Trinajstić information content (AvgIpc) is 2.43. The van der Waals surface area contributed by atoms with Gasteiger partial charge in [-0.25, -0.2) is 9.78 Å². The molecule has 0 aliphatic rings. The van der Waals surface area contributed by atoms with Gasteiger partial charge in [0.25, 0.3) is 0 Å². The Morgan fingerprint density at radius 3 is 2.84 bits per heavy atom. The molecule has 0 saturated heterocycles. The molecule has 106 valence electrons. The molecule has 0 aromatic carbocycles. The molecule has 0 spiro atoms. The monoisotopic (exact) mass is 268 g/mol. The van der Waals surface area contributed by atoms with E-state index in [1.807, 2.05) is 0 Å². The lowest BCUT2D eigenvalue weighted by Crippen LogP contribution is -2.10. The topological polar surface area (TPSA) is 83.7 Å². The molecule has 0 unspecified atom stereocenters. The second kappa shape index (κ2) is 8.31. The van der Waals surface area contributed by atoms with E-state index in [4.69, 9.17) is 15.2 Å². The number of carbonyl (C=O) groups excluding carboxylic acids is 1. The van der Waals surface area contributed by atoms with Gasteiger partial charge in [-0.05, 0) is 6.42 Å². The third kappa shape index (κ3) is 5.13. The number of nitrogens with zero attached hydrogens (tertiary/aromatic N) is 1. The van der Waals surface area contributed by atoms with E-state index in [2.05, 4.69) is 16.6 Å². The third-order valence-corrected chi connectivity index (χ3v) is 2.43. The van der Waals surface area contributed by atoms with Crippen molar-refractivity contribution in [1.29, 1.82) is 0 Å². The minimum absolute atomic E-state index is 0.249. The number of pyridine rings is 1. The summed E-state index contributed by atoms with van der Waals surface area (Å²) in [6.45, 7) is 3.69. The van der Waals surface area contributed by atoms with Crippen LogP contribution in [-0.2, 0) is 9.47 Å². The van der Waals surface area contributed by atoms with Gasteiger partial charge in [0.1, 0.15) is 6.61 Å². The minimum atomic E-state index is -0.510. The molecule has 0 amide bonds. The molecular weight excluding hydrogens is 248 g/mol. The number of ether oxygens (including phenoxy) is 3. The van der Waals surface area contributed by atoms with Crippen LogP contribution in [0.25, 0.3) is 0 Å². The van der Waals surface area contributed by atoms with Gasteiger partial charge in [0, 0.05) is 12.7 Å². The zero-order valence-electron chi connectivity index (χ0n) is 11.3. The van der Waals surface area contributed by atoms with Gasteiger partial charge >= 0.3 is 5.97 Å².